The van der Waals surface area contributed by atoms with E-state index in [2.05, 4.69) is 64.0 Å². The van der Waals surface area contributed by atoms with Crippen LogP contribution in [0.4, 0.5) is 5.82 Å². The van der Waals surface area contributed by atoms with E-state index in [4.69, 9.17) is 4.98 Å². The van der Waals surface area contributed by atoms with E-state index in [9.17, 15) is 0 Å². The van der Waals surface area contributed by atoms with Crippen molar-refractivity contribution >= 4 is 5.82 Å². The fourth-order valence-electron chi connectivity index (χ4n) is 2.10. The first-order chi connectivity index (χ1) is 8.74. The molecular formula is C16H29N3. The maximum Gasteiger partial charge on any atom is 0.128 e. The Morgan fingerprint density at radius 2 is 1.89 bits per heavy atom. The molecule has 0 atom stereocenters. The molecule has 1 rings (SSSR count). The van der Waals surface area contributed by atoms with Gasteiger partial charge in [0.1, 0.15) is 5.82 Å². The number of rotatable bonds is 5. The summed E-state index contributed by atoms with van der Waals surface area (Å²) in [5, 5.41) is 3.22. The second kappa shape index (κ2) is 6.38. The molecule has 0 radical (unpaired) electrons. The zero-order chi connectivity index (χ0) is 14.6. The molecule has 1 heterocycles. The molecule has 0 aliphatic carbocycles. The molecule has 19 heavy (non-hydrogen) atoms. The van der Waals surface area contributed by atoms with Gasteiger partial charge in [-0.1, -0.05) is 34.6 Å². The van der Waals surface area contributed by atoms with Gasteiger partial charge < -0.3 is 10.2 Å². The van der Waals surface area contributed by atoms with E-state index >= 15 is 0 Å². The number of aromatic nitrogens is 1. The summed E-state index contributed by atoms with van der Waals surface area (Å²) in [5.74, 6) is 1.71. The standard InChI is InChI=1S/C16H29N3/c1-12(2)11-19(7)15-9-13(10-17-6)8-14(18-15)16(3,4)5/h8-9,12,17H,10-11H2,1-7H3. The van der Waals surface area contributed by atoms with Crippen molar-refractivity contribution in [3.8, 4) is 0 Å². The van der Waals surface area contributed by atoms with Crippen molar-refractivity contribution in [2.75, 3.05) is 25.5 Å². The molecule has 3 nitrogen and oxygen atoms in total. The van der Waals surface area contributed by atoms with Crippen molar-refractivity contribution in [2.24, 2.45) is 5.92 Å². The van der Waals surface area contributed by atoms with Crippen LogP contribution in [0.2, 0.25) is 0 Å². The van der Waals surface area contributed by atoms with Crippen molar-refractivity contribution in [3.63, 3.8) is 0 Å². The first kappa shape index (κ1) is 16.0. The molecule has 0 aliphatic rings. The van der Waals surface area contributed by atoms with E-state index in [-0.39, 0.29) is 5.41 Å². The van der Waals surface area contributed by atoms with Crippen LogP contribution in [0.5, 0.6) is 0 Å². The lowest BCUT2D eigenvalue weighted by molar-refractivity contribution is 0.564. The lowest BCUT2D eigenvalue weighted by Gasteiger charge is -2.25. The first-order valence-corrected chi connectivity index (χ1v) is 7.11. The zero-order valence-electron chi connectivity index (χ0n) is 13.5. The molecule has 0 aliphatic heterocycles. The van der Waals surface area contributed by atoms with E-state index in [0.717, 1.165) is 24.6 Å². The molecule has 1 aromatic rings. The number of nitrogens with zero attached hydrogens (tertiary/aromatic N) is 2. The Bertz CT molecular complexity index is 405. The van der Waals surface area contributed by atoms with Crippen molar-refractivity contribution in [2.45, 2.75) is 46.6 Å². The minimum atomic E-state index is 0.0805. The normalized spacial score (nSPS) is 12.0. The van der Waals surface area contributed by atoms with Gasteiger partial charge in [-0.05, 0) is 30.7 Å². The molecule has 1 N–H and O–H groups in total. The summed E-state index contributed by atoms with van der Waals surface area (Å²) in [4.78, 5) is 7.09. The summed E-state index contributed by atoms with van der Waals surface area (Å²) in [5.41, 5.74) is 2.54. The number of nitrogens with one attached hydrogen (secondary N) is 1. The second-order valence-electron chi connectivity index (χ2n) is 6.77. The predicted octanol–water partition coefficient (Wildman–Crippen LogP) is 3.19. The summed E-state index contributed by atoms with van der Waals surface area (Å²) in [6.45, 7) is 13.0. The van der Waals surface area contributed by atoms with Crippen LogP contribution in [0.15, 0.2) is 12.1 Å². The van der Waals surface area contributed by atoms with Crippen LogP contribution in [-0.2, 0) is 12.0 Å². The summed E-state index contributed by atoms with van der Waals surface area (Å²) >= 11 is 0. The van der Waals surface area contributed by atoms with E-state index < -0.39 is 0 Å². The summed E-state index contributed by atoms with van der Waals surface area (Å²) < 4.78 is 0. The highest BCUT2D eigenvalue weighted by molar-refractivity contribution is 5.43. The first-order valence-electron chi connectivity index (χ1n) is 7.11. The number of hydrogen-bond acceptors (Lipinski definition) is 3. The summed E-state index contributed by atoms with van der Waals surface area (Å²) in [6.07, 6.45) is 0. The minimum Gasteiger partial charge on any atom is -0.359 e. The van der Waals surface area contributed by atoms with Crippen LogP contribution in [0.1, 0.15) is 45.9 Å². The smallest absolute Gasteiger partial charge is 0.128 e. The van der Waals surface area contributed by atoms with E-state index in [1.54, 1.807) is 0 Å². The van der Waals surface area contributed by atoms with Gasteiger partial charge in [-0.15, -0.1) is 0 Å². The fourth-order valence-corrected chi connectivity index (χ4v) is 2.10. The van der Waals surface area contributed by atoms with Crippen molar-refractivity contribution < 1.29 is 0 Å². The third-order valence-electron chi connectivity index (χ3n) is 3.05. The molecule has 3 heteroatoms. The third kappa shape index (κ3) is 4.83. The van der Waals surface area contributed by atoms with Gasteiger partial charge in [0.15, 0.2) is 0 Å². The van der Waals surface area contributed by atoms with Gasteiger partial charge in [-0.3, -0.25) is 0 Å². The van der Waals surface area contributed by atoms with E-state index in [1.165, 1.54) is 5.56 Å². The predicted molar refractivity (Wildman–Crippen MR) is 83.8 cm³/mol. The molecule has 0 spiro atoms. The number of pyridine rings is 1. The fraction of sp³-hybridized carbons (Fsp3) is 0.688. The van der Waals surface area contributed by atoms with Gasteiger partial charge in [-0.25, -0.2) is 4.98 Å². The molecule has 0 saturated carbocycles. The topological polar surface area (TPSA) is 28.2 Å². The largest absolute Gasteiger partial charge is 0.359 e. The van der Waals surface area contributed by atoms with E-state index in [0.29, 0.717) is 5.92 Å². The Morgan fingerprint density at radius 1 is 1.26 bits per heavy atom. The summed E-state index contributed by atoms with van der Waals surface area (Å²) in [6, 6.07) is 4.40. The Hall–Kier alpha value is -1.09. The molecule has 0 bridgehead atoms. The van der Waals surface area contributed by atoms with Gasteiger partial charge in [-0.2, -0.15) is 0 Å². The molecule has 0 aromatic carbocycles. The average molecular weight is 263 g/mol. The van der Waals surface area contributed by atoms with Gasteiger partial charge in [0.05, 0.1) is 0 Å². The zero-order valence-corrected chi connectivity index (χ0v) is 13.5. The Kier molecular flexibility index (Phi) is 5.36. The Labute approximate surface area is 118 Å². The Balaban J connectivity index is 3.12. The van der Waals surface area contributed by atoms with Gasteiger partial charge in [0.25, 0.3) is 0 Å². The lowest BCUT2D eigenvalue weighted by Crippen LogP contribution is -2.25. The van der Waals surface area contributed by atoms with Crippen molar-refractivity contribution in [3.05, 3.63) is 23.4 Å². The molecular weight excluding hydrogens is 234 g/mol. The third-order valence-corrected chi connectivity index (χ3v) is 3.05. The quantitative estimate of drug-likeness (QED) is 0.884. The molecule has 108 valence electrons. The SMILES string of the molecule is CNCc1cc(N(C)CC(C)C)nc(C(C)(C)C)c1. The Morgan fingerprint density at radius 3 is 2.37 bits per heavy atom. The van der Waals surface area contributed by atoms with Crippen molar-refractivity contribution in [1.29, 1.82) is 0 Å². The highest BCUT2D eigenvalue weighted by Gasteiger charge is 2.18. The van der Waals surface area contributed by atoms with Crippen LogP contribution >= 0.6 is 0 Å². The van der Waals surface area contributed by atoms with Gasteiger partial charge in [0.2, 0.25) is 0 Å². The molecule has 0 fully saturated rings. The van der Waals surface area contributed by atoms with Gasteiger partial charge in [0, 0.05) is 31.2 Å². The monoisotopic (exact) mass is 263 g/mol. The molecule has 0 unspecified atom stereocenters. The summed E-state index contributed by atoms with van der Waals surface area (Å²) in [7, 11) is 4.10. The minimum absolute atomic E-state index is 0.0805. The maximum atomic E-state index is 4.84. The highest BCUT2D eigenvalue weighted by atomic mass is 15.2. The molecule has 0 saturated heterocycles. The molecule has 0 amide bonds. The van der Waals surface area contributed by atoms with Crippen LogP contribution in [0, 0.1) is 5.92 Å². The van der Waals surface area contributed by atoms with Gasteiger partial charge >= 0.3 is 0 Å². The average Bonchev–Trinajstić information content (AvgIpc) is 2.27. The van der Waals surface area contributed by atoms with Crippen LogP contribution in [0.25, 0.3) is 0 Å². The van der Waals surface area contributed by atoms with Crippen molar-refractivity contribution in [1.82, 2.24) is 10.3 Å². The van der Waals surface area contributed by atoms with Crippen LogP contribution in [0.3, 0.4) is 0 Å². The number of hydrogen-bond donors (Lipinski definition) is 1. The molecule has 1 aromatic heterocycles. The van der Waals surface area contributed by atoms with Crippen LogP contribution in [-0.4, -0.2) is 25.6 Å². The van der Waals surface area contributed by atoms with Crippen LogP contribution < -0.4 is 10.2 Å². The van der Waals surface area contributed by atoms with E-state index in [1.807, 2.05) is 7.05 Å². The second-order valence-corrected chi connectivity index (χ2v) is 6.77. The maximum absolute atomic E-state index is 4.84. The highest BCUT2D eigenvalue weighted by Crippen LogP contribution is 2.24. The lowest BCUT2D eigenvalue weighted by atomic mass is 9.90. The number of anilines is 1.